The summed E-state index contributed by atoms with van der Waals surface area (Å²) in [5.41, 5.74) is 8.15. The lowest BCUT2D eigenvalue weighted by molar-refractivity contribution is -0.633. The second-order valence-corrected chi connectivity index (χ2v) is 6.49. The van der Waals surface area contributed by atoms with Gasteiger partial charge in [0.05, 0.1) is 12.6 Å². The van der Waals surface area contributed by atoms with Gasteiger partial charge in [0, 0.05) is 11.8 Å². The Hall–Kier alpha value is -3.20. The summed E-state index contributed by atoms with van der Waals surface area (Å²) >= 11 is 0. The Balaban J connectivity index is 2.02. The number of aromatic nitrogens is 2. The second kappa shape index (κ2) is 5.15. The molecule has 1 aliphatic heterocycles. The average Bonchev–Trinajstić information content (AvgIpc) is 2.83. The molecule has 0 saturated heterocycles. The van der Waals surface area contributed by atoms with Crippen LogP contribution in [0.5, 0.6) is 0 Å². The number of hydrogen-bond donors (Lipinski definition) is 0. The van der Waals surface area contributed by atoms with Crippen molar-refractivity contribution >= 4 is 22.9 Å². The van der Waals surface area contributed by atoms with Crippen LogP contribution in [0.15, 0.2) is 71.7 Å². The maximum Gasteiger partial charge on any atom is 0.295 e. The first kappa shape index (κ1) is 14.2. The number of imidazole rings is 1. The van der Waals surface area contributed by atoms with Crippen LogP contribution < -0.4 is 4.57 Å². The molecule has 0 bridgehead atoms. The van der Waals surface area contributed by atoms with E-state index in [2.05, 4.69) is 89.8 Å². The van der Waals surface area contributed by atoms with Crippen LogP contribution in [-0.2, 0) is 7.05 Å². The van der Waals surface area contributed by atoms with Crippen molar-refractivity contribution in [2.24, 2.45) is 12.0 Å². The summed E-state index contributed by atoms with van der Waals surface area (Å²) in [7, 11) is 2.14. The minimum atomic E-state index is 1.00. The van der Waals surface area contributed by atoms with Crippen molar-refractivity contribution in [1.29, 1.82) is 0 Å². The molecule has 0 amide bonds. The van der Waals surface area contributed by atoms with E-state index in [4.69, 9.17) is 4.99 Å². The Morgan fingerprint density at radius 1 is 0.880 bits per heavy atom. The van der Waals surface area contributed by atoms with Crippen molar-refractivity contribution in [3.63, 3.8) is 0 Å². The first-order chi connectivity index (χ1) is 12.3. The molecule has 5 rings (SSSR count). The molecule has 1 aliphatic rings. The molecule has 4 aromatic rings. The van der Waals surface area contributed by atoms with Gasteiger partial charge in [0.25, 0.3) is 5.82 Å². The van der Waals surface area contributed by atoms with E-state index in [0.717, 1.165) is 16.8 Å². The number of hydrogen-bond acceptors (Lipinski definition) is 1. The highest BCUT2D eigenvalue weighted by molar-refractivity contribution is 5.97. The fraction of sp³-hybridized carbons (Fsp3) is 0.0909. The molecule has 25 heavy (non-hydrogen) atoms. The van der Waals surface area contributed by atoms with E-state index < -0.39 is 0 Å². The van der Waals surface area contributed by atoms with Crippen LogP contribution in [0, 0.1) is 6.92 Å². The van der Waals surface area contributed by atoms with Gasteiger partial charge < -0.3 is 0 Å². The third-order valence-electron chi connectivity index (χ3n) is 5.01. The van der Waals surface area contributed by atoms with Gasteiger partial charge in [-0.1, -0.05) is 36.4 Å². The zero-order valence-electron chi connectivity index (χ0n) is 14.3. The number of benzene rings is 3. The minimum absolute atomic E-state index is 1.00. The molecular formula is C22H18N3+. The normalized spacial score (nSPS) is 12.2. The molecule has 1 aromatic heterocycles. The number of aryl methyl sites for hydroxylation is 2. The Labute approximate surface area is 146 Å². The van der Waals surface area contributed by atoms with Crippen LogP contribution in [0.1, 0.15) is 11.1 Å². The fourth-order valence-electron chi connectivity index (χ4n) is 3.79. The summed E-state index contributed by atoms with van der Waals surface area (Å²) in [4.78, 5) is 4.76. The number of fused-ring (bicyclic) bond motifs is 2. The van der Waals surface area contributed by atoms with Crippen molar-refractivity contribution < 1.29 is 4.57 Å². The molecule has 0 aliphatic carbocycles. The van der Waals surface area contributed by atoms with Crippen LogP contribution in [0.3, 0.4) is 0 Å². The second-order valence-electron chi connectivity index (χ2n) is 6.49. The molecule has 2 heterocycles. The Bertz CT molecular complexity index is 1170. The quantitative estimate of drug-likeness (QED) is 0.405. The highest BCUT2D eigenvalue weighted by Gasteiger charge is 2.30. The van der Waals surface area contributed by atoms with Gasteiger partial charge in [0.15, 0.2) is 5.52 Å². The summed E-state index contributed by atoms with van der Waals surface area (Å²) in [5, 5.41) is 0. The SMILES string of the molecule is Cc1ccccc1-c1n2c3c(cccc3[n+]1C)N=Cc1ccccc1-2. The van der Waals surface area contributed by atoms with Crippen LogP contribution in [0.25, 0.3) is 28.1 Å². The number of aliphatic imine (C=N–C) groups is 1. The first-order valence-electron chi connectivity index (χ1n) is 8.48. The van der Waals surface area contributed by atoms with E-state index in [-0.39, 0.29) is 0 Å². The topological polar surface area (TPSA) is 21.2 Å². The number of para-hydroxylation sites is 2. The van der Waals surface area contributed by atoms with Gasteiger partial charge in [-0.05, 0) is 42.8 Å². The molecule has 0 radical (unpaired) electrons. The summed E-state index contributed by atoms with van der Waals surface area (Å²) < 4.78 is 4.63. The predicted octanol–water partition coefficient (Wildman–Crippen LogP) is 4.49. The third-order valence-corrected chi connectivity index (χ3v) is 5.01. The van der Waals surface area contributed by atoms with Crippen molar-refractivity contribution in [2.75, 3.05) is 0 Å². The summed E-state index contributed by atoms with van der Waals surface area (Å²) in [6, 6.07) is 23.3. The molecule has 120 valence electrons. The Kier molecular flexibility index (Phi) is 2.92. The molecule has 3 heteroatoms. The average molecular weight is 324 g/mol. The number of rotatable bonds is 1. The molecule has 0 fully saturated rings. The van der Waals surface area contributed by atoms with Gasteiger partial charge in [0.2, 0.25) is 5.52 Å². The predicted molar refractivity (Wildman–Crippen MR) is 102 cm³/mol. The molecule has 0 saturated carbocycles. The molecule has 0 atom stereocenters. The highest BCUT2D eigenvalue weighted by Crippen LogP contribution is 2.36. The molecular weight excluding hydrogens is 306 g/mol. The Morgan fingerprint density at radius 2 is 1.68 bits per heavy atom. The fourth-order valence-corrected chi connectivity index (χ4v) is 3.79. The maximum atomic E-state index is 4.76. The molecule has 3 nitrogen and oxygen atoms in total. The van der Waals surface area contributed by atoms with E-state index in [1.165, 1.54) is 28.2 Å². The zero-order chi connectivity index (χ0) is 17.0. The zero-order valence-corrected chi connectivity index (χ0v) is 14.3. The lowest BCUT2D eigenvalue weighted by Crippen LogP contribution is -2.30. The van der Waals surface area contributed by atoms with E-state index >= 15 is 0 Å². The van der Waals surface area contributed by atoms with E-state index in [1.54, 1.807) is 0 Å². The van der Waals surface area contributed by atoms with Gasteiger partial charge in [0.1, 0.15) is 11.4 Å². The van der Waals surface area contributed by atoms with Gasteiger partial charge in [-0.25, -0.2) is 4.57 Å². The largest absolute Gasteiger partial charge is 0.295 e. The lowest BCUT2D eigenvalue weighted by Gasteiger charge is -2.07. The van der Waals surface area contributed by atoms with Crippen molar-refractivity contribution in [3.05, 3.63) is 77.9 Å². The maximum absolute atomic E-state index is 4.76. The van der Waals surface area contributed by atoms with Gasteiger partial charge in [-0.15, -0.1) is 0 Å². The molecule has 0 N–H and O–H groups in total. The summed E-state index contributed by atoms with van der Waals surface area (Å²) in [5.74, 6) is 1.18. The number of nitrogens with zero attached hydrogens (tertiary/aromatic N) is 3. The monoisotopic (exact) mass is 324 g/mol. The van der Waals surface area contributed by atoms with E-state index in [9.17, 15) is 0 Å². The van der Waals surface area contributed by atoms with Gasteiger partial charge in [-0.3, -0.25) is 4.99 Å². The highest BCUT2D eigenvalue weighted by atomic mass is 15.2. The molecule has 3 aromatic carbocycles. The van der Waals surface area contributed by atoms with Gasteiger partial charge >= 0.3 is 0 Å². The first-order valence-corrected chi connectivity index (χ1v) is 8.48. The summed E-state index contributed by atoms with van der Waals surface area (Å²) in [6.45, 7) is 2.17. The Morgan fingerprint density at radius 3 is 2.56 bits per heavy atom. The van der Waals surface area contributed by atoms with Crippen molar-refractivity contribution in [2.45, 2.75) is 6.92 Å². The van der Waals surface area contributed by atoms with Crippen molar-refractivity contribution in [3.8, 4) is 17.1 Å². The lowest BCUT2D eigenvalue weighted by atomic mass is 10.1. The van der Waals surface area contributed by atoms with Gasteiger partial charge in [-0.2, -0.15) is 4.57 Å². The molecule has 0 spiro atoms. The standard InChI is InChI=1S/C22H18N3/c1-15-8-3-5-10-17(15)22-24(2)20-13-7-11-18-21(20)25(22)19-12-6-4-9-16(19)14-23-18/h3-14H,1-2H3/q+1. The van der Waals surface area contributed by atoms with E-state index in [1.807, 2.05) is 6.21 Å². The van der Waals surface area contributed by atoms with Crippen LogP contribution in [0.4, 0.5) is 5.69 Å². The minimum Gasteiger partial charge on any atom is -0.251 e. The smallest absolute Gasteiger partial charge is 0.251 e. The molecule has 0 unspecified atom stereocenters. The van der Waals surface area contributed by atoms with Crippen LogP contribution in [0.2, 0.25) is 0 Å². The third kappa shape index (κ3) is 1.92. The van der Waals surface area contributed by atoms with E-state index in [0.29, 0.717) is 0 Å². The summed E-state index contributed by atoms with van der Waals surface area (Å²) in [6.07, 6.45) is 1.97. The van der Waals surface area contributed by atoms with Crippen molar-refractivity contribution in [1.82, 2.24) is 4.57 Å². The van der Waals surface area contributed by atoms with Crippen LogP contribution in [-0.4, -0.2) is 10.8 Å². The van der Waals surface area contributed by atoms with Crippen LogP contribution >= 0.6 is 0 Å².